The lowest BCUT2D eigenvalue weighted by Crippen LogP contribution is -2.32. The summed E-state index contributed by atoms with van der Waals surface area (Å²) in [4.78, 5) is 14.6. The smallest absolute Gasteiger partial charge is 0.276 e. The van der Waals surface area contributed by atoms with Crippen molar-refractivity contribution in [2.45, 2.75) is 52.2 Å². The van der Waals surface area contributed by atoms with Crippen LogP contribution in [-0.2, 0) is 4.74 Å². The van der Waals surface area contributed by atoms with Gasteiger partial charge >= 0.3 is 0 Å². The molecule has 3 rings (SSSR count). The zero-order valence-corrected chi connectivity index (χ0v) is 15.0. The Hall–Kier alpha value is -1.47. The van der Waals surface area contributed by atoms with Gasteiger partial charge in [0.2, 0.25) is 0 Å². The maximum absolute atomic E-state index is 12.8. The van der Waals surface area contributed by atoms with Crippen molar-refractivity contribution in [1.82, 2.24) is 25.2 Å². The number of amides is 1. The highest BCUT2D eigenvalue weighted by atomic mass is 16.5. The largest absolute Gasteiger partial charge is 0.376 e. The molecular formula is C17H29N5O2. The molecule has 0 spiro atoms. The van der Waals surface area contributed by atoms with E-state index < -0.39 is 0 Å². The fourth-order valence-corrected chi connectivity index (χ4v) is 3.46. The van der Waals surface area contributed by atoms with Crippen molar-refractivity contribution in [3.63, 3.8) is 0 Å². The summed E-state index contributed by atoms with van der Waals surface area (Å²) in [7, 11) is 0. The van der Waals surface area contributed by atoms with Crippen molar-refractivity contribution in [3.05, 3.63) is 11.4 Å². The molecule has 0 saturated carbocycles. The Bertz CT molecular complexity index is 565. The van der Waals surface area contributed by atoms with Crippen LogP contribution in [0.5, 0.6) is 0 Å². The number of carbonyl (C=O) groups is 1. The SMILES string of the molecule is Cc1c(C(=O)N2CC[C@@H](OCC(C)C)C2)nnn1C1CCNCC1. The number of aromatic nitrogens is 3. The second-order valence-corrected chi connectivity index (χ2v) is 7.34. The van der Waals surface area contributed by atoms with Gasteiger partial charge in [0.1, 0.15) is 0 Å². The minimum atomic E-state index is -0.0108. The number of hydrogen-bond acceptors (Lipinski definition) is 5. The van der Waals surface area contributed by atoms with Crippen LogP contribution in [-0.4, -0.2) is 64.7 Å². The molecule has 2 saturated heterocycles. The van der Waals surface area contributed by atoms with Crippen molar-refractivity contribution in [1.29, 1.82) is 0 Å². The minimum Gasteiger partial charge on any atom is -0.376 e. The number of ether oxygens (including phenoxy) is 1. The molecule has 0 bridgehead atoms. The van der Waals surface area contributed by atoms with Crippen LogP contribution in [0.1, 0.15) is 55.3 Å². The van der Waals surface area contributed by atoms with E-state index in [1.807, 2.05) is 16.5 Å². The molecule has 1 N–H and O–H groups in total. The van der Waals surface area contributed by atoms with Crippen molar-refractivity contribution in [2.75, 3.05) is 32.8 Å². The molecule has 2 fully saturated rings. The van der Waals surface area contributed by atoms with E-state index in [0.717, 1.165) is 51.2 Å². The summed E-state index contributed by atoms with van der Waals surface area (Å²) in [6, 6.07) is 0.348. The first-order chi connectivity index (χ1) is 11.6. The standard InChI is InChI=1S/C17H29N5O2/c1-12(2)11-24-15-6-9-21(10-15)17(23)16-13(3)22(20-19-16)14-4-7-18-8-5-14/h12,14-15,18H,4-11H2,1-3H3/t15-/m1/s1. The van der Waals surface area contributed by atoms with Gasteiger partial charge in [0.15, 0.2) is 5.69 Å². The minimum absolute atomic E-state index is 0.0108. The molecule has 24 heavy (non-hydrogen) atoms. The molecule has 7 heteroatoms. The Morgan fingerprint density at radius 1 is 1.33 bits per heavy atom. The van der Waals surface area contributed by atoms with Gasteiger partial charge in [0.05, 0.1) is 17.8 Å². The quantitative estimate of drug-likeness (QED) is 0.880. The van der Waals surface area contributed by atoms with Crippen LogP contribution in [0.25, 0.3) is 0 Å². The normalized spacial score (nSPS) is 22.5. The third-order valence-electron chi connectivity index (χ3n) is 4.88. The van der Waals surface area contributed by atoms with E-state index in [2.05, 4.69) is 29.5 Å². The summed E-state index contributed by atoms with van der Waals surface area (Å²) in [6.07, 6.45) is 3.12. The molecule has 3 heterocycles. The van der Waals surface area contributed by atoms with Crippen LogP contribution >= 0.6 is 0 Å². The highest BCUT2D eigenvalue weighted by Gasteiger charge is 2.31. The molecule has 0 aliphatic carbocycles. The predicted molar refractivity (Wildman–Crippen MR) is 91.0 cm³/mol. The Morgan fingerprint density at radius 2 is 2.08 bits per heavy atom. The molecule has 2 aliphatic heterocycles. The van der Waals surface area contributed by atoms with Gasteiger partial charge in [-0.2, -0.15) is 0 Å². The van der Waals surface area contributed by atoms with E-state index in [-0.39, 0.29) is 12.0 Å². The number of nitrogens with zero attached hydrogens (tertiary/aromatic N) is 4. The van der Waals surface area contributed by atoms with Gasteiger partial charge in [-0.3, -0.25) is 4.79 Å². The Balaban J connectivity index is 1.62. The van der Waals surface area contributed by atoms with Crippen molar-refractivity contribution < 1.29 is 9.53 Å². The molecule has 7 nitrogen and oxygen atoms in total. The molecule has 1 aromatic heterocycles. The van der Waals surface area contributed by atoms with Crippen LogP contribution < -0.4 is 5.32 Å². The fraction of sp³-hybridized carbons (Fsp3) is 0.824. The average molecular weight is 335 g/mol. The number of nitrogens with one attached hydrogen (secondary N) is 1. The van der Waals surface area contributed by atoms with E-state index in [4.69, 9.17) is 4.74 Å². The van der Waals surface area contributed by atoms with Gasteiger partial charge in [-0.1, -0.05) is 19.1 Å². The Kier molecular flexibility index (Phi) is 5.50. The zero-order valence-electron chi connectivity index (χ0n) is 15.0. The number of piperidine rings is 1. The van der Waals surface area contributed by atoms with Crippen molar-refractivity contribution in [3.8, 4) is 0 Å². The first-order valence-electron chi connectivity index (χ1n) is 9.09. The summed E-state index contributed by atoms with van der Waals surface area (Å²) in [6.45, 7) is 10.4. The monoisotopic (exact) mass is 335 g/mol. The molecule has 0 aromatic carbocycles. The van der Waals surface area contributed by atoms with Crippen LogP contribution in [0.4, 0.5) is 0 Å². The van der Waals surface area contributed by atoms with Gasteiger partial charge in [-0.25, -0.2) is 4.68 Å². The molecule has 1 aromatic rings. The second-order valence-electron chi connectivity index (χ2n) is 7.34. The summed E-state index contributed by atoms with van der Waals surface area (Å²) < 4.78 is 7.81. The first-order valence-corrected chi connectivity index (χ1v) is 9.09. The average Bonchev–Trinajstić information content (AvgIpc) is 3.20. The van der Waals surface area contributed by atoms with Gasteiger partial charge in [0.25, 0.3) is 5.91 Å². The van der Waals surface area contributed by atoms with Crippen molar-refractivity contribution in [2.24, 2.45) is 5.92 Å². The third-order valence-corrected chi connectivity index (χ3v) is 4.88. The predicted octanol–water partition coefficient (Wildman–Crippen LogP) is 1.40. The van der Waals surface area contributed by atoms with E-state index >= 15 is 0 Å². The maximum Gasteiger partial charge on any atom is 0.276 e. The topological polar surface area (TPSA) is 72.3 Å². The lowest BCUT2D eigenvalue weighted by molar-refractivity contribution is 0.0395. The zero-order chi connectivity index (χ0) is 17.1. The molecule has 1 atom stereocenters. The number of carbonyl (C=O) groups excluding carboxylic acids is 1. The highest BCUT2D eigenvalue weighted by Crippen LogP contribution is 2.22. The number of hydrogen-bond donors (Lipinski definition) is 1. The Labute approximate surface area is 143 Å². The summed E-state index contributed by atoms with van der Waals surface area (Å²) in [5.74, 6) is 0.505. The molecule has 134 valence electrons. The van der Waals surface area contributed by atoms with Crippen LogP contribution in [0, 0.1) is 12.8 Å². The van der Waals surface area contributed by atoms with E-state index in [9.17, 15) is 4.79 Å². The molecule has 0 radical (unpaired) electrons. The van der Waals surface area contributed by atoms with Gasteiger partial charge in [-0.05, 0) is 45.2 Å². The lowest BCUT2D eigenvalue weighted by Gasteiger charge is -2.23. The first kappa shape index (κ1) is 17.4. The third kappa shape index (κ3) is 3.78. The summed E-state index contributed by atoms with van der Waals surface area (Å²) >= 11 is 0. The van der Waals surface area contributed by atoms with Crippen LogP contribution in [0.15, 0.2) is 0 Å². The van der Waals surface area contributed by atoms with Gasteiger partial charge in [0, 0.05) is 19.7 Å². The lowest BCUT2D eigenvalue weighted by atomic mass is 10.1. The van der Waals surface area contributed by atoms with E-state index in [1.165, 1.54) is 0 Å². The van der Waals surface area contributed by atoms with Crippen LogP contribution in [0.2, 0.25) is 0 Å². The Morgan fingerprint density at radius 3 is 2.79 bits per heavy atom. The summed E-state index contributed by atoms with van der Waals surface area (Å²) in [5, 5.41) is 11.8. The van der Waals surface area contributed by atoms with Gasteiger partial charge in [-0.15, -0.1) is 5.10 Å². The second kappa shape index (κ2) is 7.61. The fourth-order valence-electron chi connectivity index (χ4n) is 3.46. The van der Waals surface area contributed by atoms with Crippen LogP contribution in [0.3, 0.4) is 0 Å². The maximum atomic E-state index is 12.8. The molecule has 0 unspecified atom stereocenters. The molecular weight excluding hydrogens is 306 g/mol. The number of rotatable bonds is 5. The summed E-state index contributed by atoms with van der Waals surface area (Å²) in [5.41, 5.74) is 1.39. The number of likely N-dealkylation sites (tertiary alicyclic amines) is 1. The van der Waals surface area contributed by atoms with Gasteiger partial charge < -0.3 is 15.0 Å². The van der Waals surface area contributed by atoms with Crippen molar-refractivity contribution >= 4 is 5.91 Å². The van der Waals surface area contributed by atoms with E-state index in [0.29, 0.717) is 24.2 Å². The highest BCUT2D eigenvalue weighted by molar-refractivity contribution is 5.93. The molecule has 1 amide bonds. The molecule has 2 aliphatic rings. The van der Waals surface area contributed by atoms with E-state index in [1.54, 1.807) is 0 Å².